The van der Waals surface area contributed by atoms with E-state index in [0.29, 0.717) is 5.82 Å². The number of halogens is 1. The summed E-state index contributed by atoms with van der Waals surface area (Å²) in [5, 5.41) is 7.43. The molecule has 0 amide bonds. The molecule has 0 aliphatic carbocycles. The van der Waals surface area contributed by atoms with Gasteiger partial charge in [0.25, 0.3) is 0 Å². The summed E-state index contributed by atoms with van der Waals surface area (Å²) in [6.07, 6.45) is 1.91. The minimum Gasteiger partial charge on any atom is -0.383 e. The topological polar surface area (TPSA) is 43.8 Å². The largest absolute Gasteiger partial charge is 0.383 e. The summed E-state index contributed by atoms with van der Waals surface area (Å²) in [6, 6.07) is 11.8. The van der Waals surface area contributed by atoms with Crippen molar-refractivity contribution in [1.82, 2.24) is 9.78 Å². The zero-order valence-electron chi connectivity index (χ0n) is 11.7. The number of rotatable bonds is 4. The van der Waals surface area contributed by atoms with Crippen LogP contribution in [-0.4, -0.2) is 9.78 Å². The van der Waals surface area contributed by atoms with Crippen LogP contribution in [-0.2, 0) is 6.42 Å². The highest BCUT2D eigenvalue weighted by molar-refractivity contribution is 7.14. The van der Waals surface area contributed by atoms with Crippen molar-refractivity contribution in [2.24, 2.45) is 0 Å². The second-order valence-electron chi connectivity index (χ2n) is 4.81. The number of nitrogens with two attached hydrogens (primary N) is 1. The van der Waals surface area contributed by atoms with Gasteiger partial charge in [0.1, 0.15) is 11.5 Å². The molecule has 0 aliphatic heterocycles. The number of para-hydroxylation sites is 1. The lowest BCUT2D eigenvalue weighted by molar-refractivity contribution is 0.893. The zero-order valence-corrected chi connectivity index (χ0v) is 13.3. The third-order valence-corrected chi connectivity index (χ3v) is 4.70. The van der Waals surface area contributed by atoms with Gasteiger partial charge in [-0.25, -0.2) is 4.68 Å². The molecule has 2 heterocycles. The van der Waals surface area contributed by atoms with Gasteiger partial charge in [-0.05, 0) is 30.0 Å². The fraction of sp³-hybridized carbons (Fsp3) is 0.188. The van der Waals surface area contributed by atoms with E-state index in [-0.39, 0.29) is 0 Å². The van der Waals surface area contributed by atoms with Gasteiger partial charge in [-0.15, -0.1) is 11.3 Å². The Morgan fingerprint density at radius 2 is 2.00 bits per heavy atom. The number of aromatic nitrogens is 2. The summed E-state index contributed by atoms with van der Waals surface area (Å²) >= 11 is 7.87. The molecule has 0 bridgehead atoms. The van der Waals surface area contributed by atoms with E-state index in [1.165, 1.54) is 0 Å². The standard InChI is InChI=1S/C16H16ClN3S/c1-2-6-12-14(15-13(17)9-10-21-15)19-20(16(12)18)11-7-4-3-5-8-11/h3-5,7-10H,2,6,18H2,1H3. The van der Waals surface area contributed by atoms with Gasteiger partial charge < -0.3 is 5.73 Å². The van der Waals surface area contributed by atoms with E-state index in [1.54, 1.807) is 16.0 Å². The van der Waals surface area contributed by atoms with Crippen LogP contribution < -0.4 is 5.73 Å². The first kappa shape index (κ1) is 14.2. The molecule has 0 spiro atoms. The number of benzene rings is 1. The van der Waals surface area contributed by atoms with Crippen LogP contribution in [0.5, 0.6) is 0 Å². The minimum absolute atomic E-state index is 0.697. The third-order valence-electron chi connectivity index (χ3n) is 3.36. The summed E-state index contributed by atoms with van der Waals surface area (Å²) < 4.78 is 1.80. The van der Waals surface area contributed by atoms with Crippen LogP contribution in [0.1, 0.15) is 18.9 Å². The number of nitrogen functional groups attached to an aromatic ring is 1. The fourth-order valence-electron chi connectivity index (χ4n) is 2.37. The summed E-state index contributed by atoms with van der Waals surface area (Å²) in [6.45, 7) is 2.14. The first-order valence-corrected chi connectivity index (χ1v) is 8.14. The van der Waals surface area contributed by atoms with Crippen molar-refractivity contribution in [3.8, 4) is 16.3 Å². The molecule has 3 rings (SSSR count). The fourth-order valence-corrected chi connectivity index (χ4v) is 3.53. The van der Waals surface area contributed by atoms with E-state index in [2.05, 4.69) is 6.92 Å². The molecular weight excluding hydrogens is 302 g/mol. The van der Waals surface area contributed by atoms with Gasteiger partial charge >= 0.3 is 0 Å². The first-order valence-electron chi connectivity index (χ1n) is 6.88. The summed E-state index contributed by atoms with van der Waals surface area (Å²) in [4.78, 5) is 0.987. The lowest BCUT2D eigenvalue weighted by atomic mass is 10.1. The lowest BCUT2D eigenvalue weighted by Crippen LogP contribution is -2.02. The average Bonchev–Trinajstić information content (AvgIpc) is 3.05. The molecule has 21 heavy (non-hydrogen) atoms. The number of hydrogen-bond donors (Lipinski definition) is 1. The Morgan fingerprint density at radius 3 is 2.62 bits per heavy atom. The molecule has 2 N–H and O–H groups in total. The molecule has 1 aromatic carbocycles. The van der Waals surface area contributed by atoms with Gasteiger partial charge in [0.05, 0.1) is 15.6 Å². The van der Waals surface area contributed by atoms with Gasteiger partial charge in [0, 0.05) is 5.56 Å². The molecule has 108 valence electrons. The number of anilines is 1. The van der Waals surface area contributed by atoms with Gasteiger partial charge in [-0.2, -0.15) is 5.10 Å². The predicted molar refractivity (Wildman–Crippen MR) is 90.3 cm³/mol. The van der Waals surface area contributed by atoms with Crippen molar-refractivity contribution >= 4 is 28.8 Å². The molecule has 0 radical (unpaired) electrons. The molecule has 0 aliphatic rings. The van der Waals surface area contributed by atoms with Gasteiger partial charge in [0.15, 0.2) is 0 Å². The van der Waals surface area contributed by atoms with E-state index >= 15 is 0 Å². The Labute approximate surface area is 133 Å². The Bertz CT molecular complexity index is 746. The Balaban J connectivity index is 2.19. The van der Waals surface area contributed by atoms with E-state index in [0.717, 1.165) is 39.7 Å². The van der Waals surface area contributed by atoms with Crippen LogP contribution in [0, 0.1) is 0 Å². The molecular formula is C16H16ClN3S. The molecule has 3 nitrogen and oxygen atoms in total. The van der Waals surface area contributed by atoms with Crippen LogP contribution in [0.25, 0.3) is 16.3 Å². The molecule has 0 unspecified atom stereocenters. The molecule has 3 aromatic rings. The monoisotopic (exact) mass is 317 g/mol. The second kappa shape index (κ2) is 5.92. The van der Waals surface area contributed by atoms with Crippen molar-refractivity contribution in [3.05, 3.63) is 52.4 Å². The van der Waals surface area contributed by atoms with Crippen molar-refractivity contribution in [2.45, 2.75) is 19.8 Å². The van der Waals surface area contributed by atoms with E-state index in [9.17, 15) is 0 Å². The van der Waals surface area contributed by atoms with Crippen LogP contribution in [0.3, 0.4) is 0 Å². The number of nitrogens with zero attached hydrogens (tertiary/aromatic N) is 2. The van der Waals surface area contributed by atoms with Gasteiger partial charge in [-0.3, -0.25) is 0 Å². The van der Waals surface area contributed by atoms with Gasteiger partial charge in [-0.1, -0.05) is 43.1 Å². The van der Waals surface area contributed by atoms with Crippen molar-refractivity contribution < 1.29 is 0 Å². The highest BCUT2D eigenvalue weighted by atomic mass is 35.5. The van der Waals surface area contributed by atoms with Gasteiger partial charge in [0.2, 0.25) is 0 Å². The molecule has 0 saturated heterocycles. The molecule has 0 saturated carbocycles. The minimum atomic E-state index is 0.697. The Hall–Kier alpha value is -1.78. The number of hydrogen-bond acceptors (Lipinski definition) is 3. The summed E-state index contributed by atoms with van der Waals surface area (Å²) in [7, 11) is 0. The Kier molecular flexibility index (Phi) is 3.99. The quantitative estimate of drug-likeness (QED) is 0.752. The summed E-state index contributed by atoms with van der Waals surface area (Å²) in [5.41, 5.74) is 9.28. The SMILES string of the molecule is CCCc1c(-c2sccc2Cl)nn(-c2ccccc2)c1N. The van der Waals surface area contributed by atoms with E-state index in [1.807, 2.05) is 41.8 Å². The van der Waals surface area contributed by atoms with Crippen LogP contribution >= 0.6 is 22.9 Å². The summed E-state index contributed by atoms with van der Waals surface area (Å²) in [5.74, 6) is 0.697. The normalized spacial score (nSPS) is 11.0. The van der Waals surface area contributed by atoms with Crippen molar-refractivity contribution in [3.63, 3.8) is 0 Å². The predicted octanol–water partition coefficient (Wildman–Crippen LogP) is 4.79. The average molecular weight is 318 g/mol. The van der Waals surface area contributed by atoms with Crippen LogP contribution in [0.2, 0.25) is 5.02 Å². The first-order chi connectivity index (χ1) is 10.2. The highest BCUT2D eigenvalue weighted by Gasteiger charge is 2.20. The molecule has 5 heteroatoms. The third kappa shape index (κ3) is 2.57. The molecule has 0 fully saturated rings. The van der Waals surface area contributed by atoms with Crippen LogP contribution in [0.15, 0.2) is 41.8 Å². The van der Waals surface area contributed by atoms with E-state index < -0.39 is 0 Å². The number of thiophene rings is 1. The second-order valence-corrected chi connectivity index (χ2v) is 6.13. The van der Waals surface area contributed by atoms with Crippen molar-refractivity contribution in [1.29, 1.82) is 0 Å². The highest BCUT2D eigenvalue weighted by Crippen LogP contribution is 2.37. The van der Waals surface area contributed by atoms with E-state index in [4.69, 9.17) is 22.4 Å². The maximum absolute atomic E-state index is 6.34. The lowest BCUT2D eigenvalue weighted by Gasteiger charge is -2.04. The van der Waals surface area contributed by atoms with Crippen molar-refractivity contribution in [2.75, 3.05) is 5.73 Å². The molecule has 2 aromatic heterocycles. The maximum atomic E-state index is 6.34. The smallest absolute Gasteiger partial charge is 0.131 e. The zero-order chi connectivity index (χ0) is 14.8. The maximum Gasteiger partial charge on any atom is 0.131 e. The Morgan fingerprint density at radius 1 is 1.24 bits per heavy atom. The molecule has 0 atom stereocenters. The van der Waals surface area contributed by atoms with Crippen LogP contribution in [0.4, 0.5) is 5.82 Å².